The Balaban J connectivity index is 1.86. The summed E-state index contributed by atoms with van der Waals surface area (Å²) in [5, 5.41) is 3.63. The highest BCUT2D eigenvalue weighted by molar-refractivity contribution is 6.42. The Kier molecular flexibility index (Phi) is 4.42. The molecule has 0 aliphatic rings. The number of hydrogen-bond donors (Lipinski definition) is 1. The van der Waals surface area contributed by atoms with Gasteiger partial charge >= 0.3 is 0 Å². The van der Waals surface area contributed by atoms with E-state index >= 15 is 0 Å². The molecule has 7 heteroatoms. The van der Waals surface area contributed by atoms with E-state index in [1.165, 1.54) is 0 Å². The number of amides is 1. The summed E-state index contributed by atoms with van der Waals surface area (Å²) >= 11 is 12.2. The number of fused-ring (bicyclic) bond motifs is 1. The smallest absolute Gasteiger partial charge is 0.273 e. The van der Waals surface area contributed by atoms with E-state index in [0.717, 1.165) is 16.8 Å². The maximum Gasteiger partial charge on any atom is 0.273 e. The van der Waals surface area contributed by atoms with Gasteiger partial charge in [-0.1, -0.05) is 59.6 Å². The first-order valence-electron chi connectivity index (χ1n) is 8.32. The average molecular weight is 399 g/mol. The highest BCUT2D eigenvalue weighted by Crippen LogP contribution is 2.31. The Morgan fingerprint density at radius 1 is 1.11 bits per heavy atom. The number of imidazole rings is 1. The molecule has 3 aromatic heterocycles. The molecular formula is C20H16Cl2N4O. The van der Waals surface area contributed by atoms with E-state index in [9.17, 15) is 4.79 Å². The van der Waals surface area contributed by atoms with Crippen molar-refractivity contribution in [1.29, 1.82) is 0 Å². The molecule has 0 fully saturated rings. The lowest BCUT2D eigenvalue weighted by atomic mass is 10.1. The fourth-order valence-corrected chi connectivity index (χ4v) is 3.43. The Labute approximate surface area is 166 Å². The third kappa shape index (κ3) is 2.99. The van der Waals surface area contributed by atoms with Gasteiger partial charge in [-0.2, -0.15) is 0 Å². The molecule has 3 heterocycles. The number of nitrogens with one attached hydrogen (secondary N) is 1. The standard InChI is InChI=1S/C20H16Cl2N4O/c1-12-7-6-10-26-18(12)23-16(13-8-4-3-5-9-13)19(26)24-20(27)15-11-14(21)17(22)25(15)2/h3-11H,1-2H3,(H,24,27). The van der Waals surface area contributed by atoms with Crippen LogP contribution in [0.5, 0.6) is 0 Å². The SMILES string of the molecule is Cc1cccn2c(NC(=O)c3cc(Cl)c(Cl)n3C)c(-c3ccccc3)nc12. The first-order valence-corrected chi connectivity index (χ1v) is 9.08. The number of halogens is 2. The lowest BCUT2D eigenvalue weighted by molar-refractivity contribution is 0.101. The zero-order chi connectivity index (χ0) is 19.1. The molecule has 0 radical (unpaired) electrons. The van der Waals surface area contributed by atoms with Crippen LogP contribution in [-0.4, -0.2) is 19.9 Å². The number of carbonyl (C=O) groups excluding carboxylic acids is 1. The number of hydrogen-bond acceptors (Lipinski definition) is 2. The lowest BCUT2D eigenvalue weighted by Gasteiger charge is -2.09. The van der Waals surface area contributed by atoms with Crippen LogP contribution >= 0.6 is 23.2 Å². The second-order valence-electron chi connectivity index (χ2n) is 6.24. The Morgan fingerprint density at radius 2 is 1.85 bits per heavy atom. The fraction of sp³-hybridized carbons (Fsp3) is 0.100. The van der Waals surface area contributed by atoms with Crippen molar-refractivity contribution in [2.75, 3.05) is 5.32 Å². The van der Waals surface area contributed by atoms with Gasteiger partial charge < -0.3 is 9.88 Å². The summed E-state index contributed by atoms with van der Waals surface area (Å²) < 4.78 is 3.43. The highest BCUT2D eigenvalue weighted by atomic mass is 35.5. The molecule has 0 aliphatic carbocycles. The third-order valence-corrected chi connectivity index (χ3v) is 5.32. The van der Waals surface area contributed by atoms with Crippen LogP contribution in [0.1, 0.15) is 16.1 Å². The van der Waals surface area contributed by atoms with Gasteiger partial charge in [0, 0.05) is 18.8 Å². The number of aromatic nitrogens is 3. The minimum atomic E-state index is -0.313. The summed E-state index contributed by atoms with van der Waals surface area (Å²) in [7, 11) is 1.69. The number of carbonyl (C=O) groups is 1. The Morgan fingerprint density at radius 3 is 2.52 bits per heavy atom. The molecule has 136 valence electrons. The van der Waals surface area contributed by atoms with Gasteiger partial charge in [-0.3, -0.25) is 9.20 Å². The molecule has 1 N–H and O–H groups in total. The molecule has 4 rings (SSSR count). The zero-order valence-corrected chi connectivity index (χ0v) is 16.2. The molecule has 0 unspecified atom stereocenters. The van der Waals surface area contributed by atoms with Crippen molar-refractivity contribution in [2.45, 2.75) is 6.92 Å². The Hall–Kier alpha value is -2.76. The third-order valence-electron chi connectivity index (χ3n) is 4.47. The van der Waals surface area contributed by atoms with Gasteiger partial charge in [0.2, 0.25) is 0 Å². The molecular weight excluding hydrogens is 383 g/mol. The molecule has 0 aliphatic heterocycles. The number of benzene rings is 1. The van der Waals surface area contributed by atoms with E-state index in [-0.39, 0.29) is 5.91 Å². The summed E-state index contributed by atoms with van der Waals surface area (Å²) in [5.74, 6) is 0.283. The van der Waals surface area contributed by atoms with E-state index in [4.69, 9.17) is 28.2 Å². The molecule has 1 aromatic carbocycles. The van der Waals surface area contributed by atoms with Crippen molar-refractivity contribution in [2.24, 2.45) is 7.05 Å². The molecule has 0 saturated heterocycles. The molecule has 5 nitrogen and oxygen atoms in total. The molecule has 0 bridgehead atoms. The van der Waals surface area contributed by atoms with Gasteiger partial charge in [-0.15, -0.1) is 0 Å². The van der Waals surface area contributed by atoms with Crippen molar-refractivity contribution < 1.29 is 4.79 Å². The van der Waals surface area contributed by atoms with Crippen LogP contribution in [0.4, 0.5) is 5.82 Å². The van der Waals surface area contributed by atoms with Gasteiger partial charge in [0.15, 0.2) is 0 Å². The predicted molar refractivity (Wildman–Crippen MR) is 109 cm³/mol. The molecule has 0 atom stereocenters. The first-order chi connectivity index (χ1) is 13.0. The summed E-state index contributed by atoms with van der Waals surface area (Å²) in [5.41, 5.74) is 3.78. The summed E-state index contributed by atoms with van der Waals surface area (Å²) in [6, 6.07) is 15.2. The number of nitrogens with zero attached hydrogens (tertiary/aromatic N) is 3. The predicted octanol–water partition coefficient (Wildman–Crippen LogP) is 5.21. The topological polar surface area (TPSA) is 51.3 Å². The lowest BCUT2D eigenvalue weighted by Crippen LogP contribution is -2.17. The van der Waals surface area contributed by atoms with Gasteiger partial charge in [0.05, 0.1) is 5.02 Å². The van der Waals surface area contributed by atoms with Crippen LogP contribution in [0.25, 0.3) is 16.9 Å². The van der Waals surface area contributed by atoms with Crippen LogP contribution in [-0.2, 0) is 7.05 Å². The normalized spacial score (nSPS) is 11.1. The minimum Gasteiger partial charge on any atom is -0.329 e. The number of aryl methyl sites for hydroxylation is 1. The number of anilines is 1. The largest absolute Gasteiger partial charge is 0.329 e. The van der Waals surface area contributed by atoms with E-state index in [1.54, 1.807) is 17.7 Å². The first kappa shape index (κ1) is 17.6. The van der Waals surface area contributed by atoms with Crippen LogP contribution in [0.15, 0.2) is 54.7 Å². The monoisotopic (exact) mass is 398 g/mol. The van der Waals surface area contributed by atoms with Crippen molar-refractivity contribution >= 4 is 40.6 Å². The summed E-state index contributed by atoms with van der Waals surface area (Å²) in [6.45, 7) is 1.99. The van der Waals surface area contributed by atoms with Crippen LogP contribution in [0.3, 0.4) is 0 Å². The minimum absolute atomic E-state index is 0.313. The second-order valence-corrected chi connectivity index (χ2v) is 7.01. The molecule has 4 aromatic rings. The van der Waals surface area contributed by atoms with Gasteiger partial charge in [0.1, 0.15) is 28.0 Å². The van der Waals surface area contributed by atoms with Gasteiger partial charge in [-0.05, 0) is 24.6 Å². The van der Waals surface area contributed by atoms with E-state index in [2.05, 4.69) is 5.32 Å². The van der Waals surface area contributed by atoms with E-state index in [1.807, 2.05) is 60.0 Å². The number of pyridine rings is 1. The van der Waals surface area contributed by atoms with Crippen molar-refractivity contribution in [3.8, 4) is 11.3 Å². The average Bonchev–Trinajstić information content (AvgIpc) is 3.16. The molecule has 1 amide bonds. The molecule has 0 spiro atoms. The zero-order valence-electron chi connectivity index (χ0n) is 14.7. The maximum absolute atomic E-state index is 12.9. The molecule has 27 heavy (non-hydrogen) atoms. The van der Waals surface area contributed by atoms with Gasteiger partial charge in [-0.25, -0.2) is 4.98 Å². The van der Waals surface area contributed by atoms with E-state index < -0.39 is 0 Å². The quantitative estimate of drug-likeness (QED) is 0.514. The fourth-order valence-electron chi connectivity index (χ4n) is 3.05. The molecule has 0 saturated carbocycles. The maximum atomic E-state index is 12.9. The van der Waals surface area contributed by atoms with Crippen molar-refractivity contribution in [3.63, 3.8) is 0 Å². The second kappa shape index (κ2) is 6.76. The highest BCUT2D eigenvalue weighted by Gasteiger charge is 2.21. The number of rotatable bonds is 3. The van der Waals surface area contributed by atoms with Crippen molar-refractivity contribution in [1.82, 2.24) is 14.0 Å². The van der Waals surface area contributed by atoms with Crippen molar-refractivity contribution in [3.05, 3.63) is 76.2 Å². The summed E-state index contributed by atoms with van der Waals surface area (Å²) in [4.78, 5) is 17.7. The summed E-state index contributed by atoms with van der Waals surface area (Å²) in [6.07, 6.45) is 1.88. The van der Waals surface area contributed by atoms with Crippen LogP contribution < -0.4 is 5.32 Å². The Bertz CT molecular complexity index is 1160. The van der Waals surface area contributed by atoms with Crippen LogP contribution in [0, 0.1) is 6.92 Å². The van der Waals surface area contributed by atoms with Crippen LogP contribution in [0.2, 0.25) is 10.2 Å². The van der Waals surface area contributed by atoms with Gasteiger partial charge in [0.25, 0.3) is 5.91 Å². The van der Waals surface area contributed by atoms with E-state index in [0.29, 0.717) is 27.4 Å².